The minimum atomic E-state index is -0.407. The molecule has 2 aromatic rings. The van der Waals surface area contributed by atoms with E-state index in [2.05, 4.69) is 31.4 Å². The molecule has 6 nitrogen and oxygen atoms in total. The van der Waals surface area contributed by atoms with Crippen LogP contribution < -0.4 is 5.32 Å². The molecule has 1 N–H and O–H groups in total. The van der Waals surface area contributed by atoms with Gasteiger partial charge in [-0.3, -0.25) is 10.1 Å². The summed E-state index contributed by atoms with van der Waals surface area (Å²) >= 11 is 4.77. The number of benzene rings is 1. The number of hydrogen-bond acceptors (Lipinski definition) is 6. The number of nitrogens with one attached hydrogen (secondary N) is 1. The van der Waals surface area contributed by atoms with Crippen LogP contribution in [0, 0.1) is 10.1 Å². The highest BCUT2D eigenvalue weighted by atomic mass is 79.9. The van der Waals surface area contributed by atoms with E-state index in [1.54, 1.807) is 0 Å². The Hall–Kier alpha value is -1.38. The molecule has 8 heteroatoms. The molecule has 0 atom stereocenters. The second-order valence-electron chi connectivity index (χ2n) is 4.93. The number of nitro benzene ring substituents is 1. The molecule has 1 aliphatic carbocycles. The van der Waals surface area contributed by atoms with Crippen molar-refractivity contribution < 1.29 is 4.92 Å². The summed E-state index contributed by atoms with van der Waals surface area (Å²) in [5.41, 5.74) is 0.765. The molecule has 1 aromatic carbocycles. The van der Waals surface area contributed by atoms with Crippen LogP contribution >= 0.6 is 27.3 Å². The lowest BCUT2D eigenvalue weighted by Crippen LogP contribution is -2.19. The summed E-state index contributed by atoms with van der Waals surface area (Å²) < 4.78 is 0.666. The number of non-ortho nitro benzene ring substituents is 1. The second kappa shape index (κ2) is 6.17. The molecule has 0 amide bonds. The van der Waals surface area contributed by atoms with Crippen molar-refractivity contribution in [3.8, 4) is 10.6 Å². The van der Waals surface area contributed by atoms with E-state index in [1.807, 2.05) is 6.07 Å². The zero-order chi connectivity index (χ0) is 14.8. The smallest absolute Gasteiger partial charge is 0.271 e. The van der Waals surface area contributed by atoms with Crippen molar-refractivity contribution in [3.63, 3.8) is 0 Å². The van der Waals surface area contributed by atoms with Crippen LogP contribution in [-0.2, 0) is 6.42 Å². The van der Waals surface area contributed by atoms with Gasteiger partial charge in [-0.1, -0.05) is 27.3 Å². The average molecular weight is 369 g/mol. The number of hydrogen-bond donors (Lipinski definition) is 1. The van der Waals surface area contributed by atoms with Crippen LogP contribution in [0.5, 0.6) is 0 Å². The van der Waals surface area contributed by atoms with Crippen LogP contribution in [0.1, 0.15) is 17.8 Å². The zero-order valence-electron chi connectivity index (χ0n) is 11.1. The Labute approximate surface area is 133 Å². The van der Waals surface area contributed by atoms with Gasteiger partial charge in [0.2, 0.25) is 0 Å². The predicted molar refractivity (Wildman–Crippen MR) is 84.4 cm³/mol. The molecule has 110 valence electrons. The minimum Gasteiger partial charge on any atom is -0.314 e. The van der Waals surface area contributed by atoms with Gasteiger partial charge in [0.05, 0.1) is 4.92 Å². The summed E-state index contributed by atoms with van der Waals surface area (Å²) in [6.07, 6.45) is 3.37. The summed E-state index contributed by atoms with van der Waals surface area (Å²) in [7, 11) is 0. The molecule has 0 bridgehead atoms. The Morgan fingerprint density at radius 1 is 1.38 bits per heavy atom. The van der Waals surface area contributed by atoms with Crippen molar-refractivity contribution >= 4 is 33.0 Å². The topological polar surface area (TPSA) is 81.0 Å². The van der Waals surface area contributed by atoms with E-state index in [0.29, 0.717) is 15.5 Å². The third kappa shape index (κ3) is 3.84. The number of nitro groups is 1. The van der Waals surface area contributed by atoms with Crippen molar-refractivity contribution in [2.45, 2.75) is 25.3 Å². The molecule has 0 spiro atoms. The van der Waals surface area contributed by atoms with E-state index in [-0.39, 0.29) is 5.69 Å². The molecule has 0 aliphatic heterocycles. The summed E-state index contributed by atoms with van der Waals surface area (Å²) in [5, 5.41) is 24.3. The summed E-state index contributed by atoms with van der Waals surface area (Å²) in [4.78, 5) is 10.5. The quantitative estimate of drug-likeness (QED) is 0.625. The van der Waals surface area contributed by atoms with Crippen molar-refractivity contribution in [3.05, 3.63) is 37.8 Å². The number of halogens is 1. The highest BCUT2D eigenvalue weighted by molar-refractivity contribution is 9.10. The first kappa shape index (κ1) is 14.6. The maximum Gasteiger partial charge on any atom is 0.271 e. The maximum atomic E-state index is 10.9. The van der Waals surface area contributed by atoms with Gasteiger partial charge >= 0.3 is 0 Å². The van der Waals surface area contributed by atoms with Crippen molar-refractivity contribution in [1.82, 2.24) is 15.5 Å². The Morgan fingerprint density at radius 2 is 2.19 bits per heavy atom. The number of nitrogens with zero attached hydrogens (tertiary/aromatic N) is 3. The Bertz CT molecular complexity index is 672. The van der Waals surface area contributed by atoms with E-state index in [0.717, 1.165) is 23.5 Å². The molecule has 1 heterocycles. The molecular formula is C13H13BrN4O2S. The lowest BCUT2D eigenvalue weighted by atomic mass is 10.2. The van der Waals surface area contributed by atoms with Gasteiger partial charge < -0.3 is 5.32 Å². The minimum absolute atomic E-state index is 0.0477. The number of rotatable bonds is 6. The first-order valence-corrected chi connectivity index (χ1v) is 8.24. The molecule has 0 radical (unpaired) electrons. The molecule has 1 aliphatic rings. The highest BCUT2D eigenvalue weighted by Gasteiger charge is 2.20. The zero-order valence-corrected chi connectivity index (χ0v) is 13.5. The molecule has 0 unspecified atom stereocenters. The maximum absolute atomic E-state index is 10.9. The van der Waals surface area contributed by atoms with E-state index >= 15 is 0 Å². The van der Waals surface area contributed by atoms with Gasteiger partial charge in [-0.05, 0) is 18.9 Å². The summed E-state index contributed by atoms with van der Waals surface area (Å²) in [6.45, 7) is 0.901. The van der Waals surface area contributed by atoms with Gasteiger partial charge in [0.1, 0.15) is 10.0 Å². The van der Waals surface area contributed by atoms with Crippen LogP contribution in [0.4, 0.5) is 5.69 Å². The van der Waals surface area contributed by atoms with E-state index in [4.69, 9.17) is 0 Å². The predicted octanol–water partition coefficient (Wildman–Crippen LogP) is 3.17. The monoisotopic (exact) mass is 368 g/mol. The lowest BCUT2D eigenvalue weighted by molar-refractivity contribution is -0.384. The Morgan fingerprint density at radius 3 is 2.90 bits per heavy atom. The van der Waals surface area contributed by atoms with Crippen LogP contribution in [0.3, 0.4) is 0 Å². The van der Waals surface area contributed by atoms with E-state index < -0.39 is 4.92 Å². The van der Waals surface area contributed by atoms with Gasteiger partial charge in [0, 0.05) is 41.2 Å². The molecule has 3 rings (SSSR count). The van der Waals surface area contributed by atoms with Gasteiger partial charge in [0.15, 0.2) is 0 Å². The van der Waals surface area contributed by atoms with E-state index in [1.165, 1.54) is 36.3 Å². The Kier molecular flexibility index (Phi) is 4.27. The molecule has 1 saturated carbocycles. The van der Waals surface area contributed by atoms with Crippen LogP contribution in [0.25, 0.3) is 10.6 Å². The van der Waals surface area contributed by atoms with Crippen molar-refractivity contribution in [2.75, 3.05) is 6.54 Å². The fraction of sp³-hybridized carbons (Fsp3) is 0.385. The first-order chi connectivity index (χ1) is 10.1. The van der Waals surface area contributed by atoms with Gasteiger partial charge in [-0.25, -0.2) is 0 Å². The SMILES string of the molecule is O=[N+]([O-])c1cc(Br)cc(-c2nnc(CCNC3CC3)s2)c1. The first-order valence-electron chi connectivity index (χ1n) is 6.63. The van der Waals surface area contributed by atoms with Gasteiger partial charge in [0.25, 0.3) is 5.69 Å². The third-order valence-corrected chi connectivity index (χ3v) is 4.65. The fourth-order valence-electron chi connectivity index (χ4n) is 1.95. The molecule has 1 aromatic heterocycles. The largest absolute Gasteiger partial charge is 0.314 e. The van der Waals surface area contributed by atoms with Crippen LogP contribution in [0.15, 0.2) is 22.7 Å². The molecular weight excluding hydrogens is 356 g/mol. The van der Waals surface area contributed by atoms with Crippen molar-refractivity contribution in [1.29, 1.82) is 0 Å². The third-order valence-electron chi connectivity index (χ3n) is 3.16. The van der Waals surface area contributed by atoms with Gasteiger partial charge in [-0.2, -0.15) is 0 Å². The van der Waals surface area contributed by atoms with Crippen LogP contribution in [0.2, 0.25) is 0 Å². The lowest BCUT2D eigenvalue weighted by Gasteiger charge is -1.99. The summed E-state index contributed by atoms with van der Waals surface area (Å²) in [5.74, 6) is 0. The van der Waals surface area contributed by atoms with Gasteiger partial charge in [-0.15, -0.1) is 10.2 Å². The highest BCUT2D eigenvalue weighted by Crippen LogP contribution is 2.30. The second-order valence-corrected chi connectivity index (χ2v) is 6.91. The molecule has 0 saturated heterocycles. The van der Waals surface area contributed by atoms with E-state index in [9.17, 15) is 10.1 Å². The number of aromatic nitrogens is 2. The normalized spacial score (nSPS) is 14.3. The van der Waals surface area contributed by atoms with Crippen molar-refractivity contribution in [2.24, 2.45) is 0 Å². The standard InChI is InChI=1S/C13H13BrN4O2S/c14-9-5-8(6-11(7-9)18(19)20)13-17-16-12(21-13)3-4-15-10-1-2-10/h5-7,10,15H,1-4H2. The average Bonchev–Trinajstić information content (AvgIpc) is 3.14. The fourth-order valence-corrected chi connectivity index (χ4v) is 3.25. The molecule has 1 fully saturated rings. The summed E-state index contributed by atoms with van der Waals surface area (Å²) in [6, 6.07) is 5.51. The van der Waals surface area contributed by atoms with Crippen LogP contribution in [-0.4, -0.2) is 27.7 Å². The Balaban J connectivity index is 1.73. The molecule has 21 heavy (non-hydrogen) atoms.